The minimum absolute atomic E-state index is 0.0598. The van der Waals surface area contributed by atoms with Gasteiger partial charge < -0.3 is 20.3 Å². The summed E-state index contributed by atoms with van der Waals surface area (Å²) in [6.07, 6.45) is 2.05. The number of benzene rings is 2. The first-order valence-corrected chi connectivity index (χ1v) is 13.1. The summed E-state index contributed by atoms with van der Waals surface area (Å²) in [6, 6.07) is 19.0. The zero-order valence-electron chi connectivity index (χ0n) is 20.5. The van der Waals surface area contributed by atoms with Gasteiger partial charge in [-0.1, -0.05) is 48.2 Å². The van der Waals surface area contributed by atoms with Gasteiger partial charge in [0.25, 0.3) is 5.91 Å². The third-order valence-electron chi connectivity index (χ3n) is 6.25. The number of allylic oxidation sites excluding steroid dienone is 2. The average molecular weight is 503 g/mol. The van der Waals surface area contributed by atoms with Crippen molar-refractivity contribution >= 4 is 29.3 Å². The standard InChI is InChI=1S/C28H30N4O3S/c1-3-35-23-14-8-7-13-21(23)26-22(17-29)28(36-18-24(33)32-15-9-10-16-32)30-19(2)25(26)27(34)31-20-11-5-4-6-12-20/h4-8,11-14,26,30H,3,9-10,15-16,18H2,1-2H3,(H,31,34)/t26-/m1/s1. The van der Waals surface area contributed by atoms with Crippen molar-refractivity contribution in [2.75, 3.05) is 30.8 Å². The molecule has 2 aromatic carbocycles. The Morgan fingerprint density at radius 2 is 1.83 bits per heavy atom. The van der Waals surface area contributed by atoms with Gasteiger partial charge in [-0.15, -0.1) is 0 Å². The highest BCUT2D eigenvalue weighted by molar-refractivity contribution is 8.03. The Kier molecular flexibility index (Phi) is 8.34. The molecule has 1 saturated heterocycles. The highest BCUT2D eigenvalue weighted by Gasteiger charge is 2.36. The number of anilines is 1. The summed E-state index contributed by atoms with van der Waals surface area (Å²) < 4.78 is 5.89. The number of amides is 2. The van der Waals surface area contributed by atoms with E-state index in [0.29, 0.717) is 39.9 Å². The van der Waals surface area contributed by atoms with Gasteiger partial charge in [-0.25, -0.2) is 0 Å². The lowest BCUT2D eigenvalue weighted by Crippen LogP contribution is -2.32. The molecular formula is C28H30N4O3S. The molecule has 2 N–H and O–H groups in total. The molecule has 186 valence electrons. The van der Waals surface area contributed by atoms with Crippen LogP contribution in [0.1, 0.15) is 38.2 Å². The number of hydrogen-bond acceptors (Lipinski definition) is 6. The summed E-state index contributed by atoms with van der Waals surface area (Å²) in [4.78, 5) is 28.2. The summed E-state index contributed by atoms with van der Waals surface area (Å²) in [5.74, 6) is -0.0364. The topological polar surface area (TPSA) is 94.5 Å². The quantitative estimate of drug-likeness (QED) is 0.540. The van der Waals surface area contributed by atoms with Gasteiger partial charge in [0.05, 0.1) is 34.9 Å². The normalized spacial score (nSPS) is 17.5. The van der Waals surface area contributed by atoms with E-state index in [1.807, 2.05) is 73.3 Å². The van der Waals surface area contributed by atoms with E-state index in [4.69, 9.17) is 4.74 Å². The molecule has 0 unspecified atom stereocenters. The molecule has 1 atom stereocenters. The molecule has 2 aliphatic heterocycles. The van der Waals surface area contributed by atoms with Crippen LogP contribution in [0.2, 0.25) is 0 Å². The highest BCUT2D eigenvalue weighted by Crippen LogP contribution is 2.44. The second-order valence-electron chi connectivity index (χ2n) is 8.62. The summed E-state index contributed by atoms with van der Waals surface area (Å²) in [5.41, 5.74) is 2.87. The van der Waals surface area contributed by atoms with E-state index in [0.717, 1.165) is 31.5 Å². The summed E-state index contributed by atoms with van der Waals surface area (Å²) >= 11 is 1.31. The van der Waals surface area contributed by atoms with Gasteiger partial charge in [0.15, 0.2) is 0 Å². The molecule has 2 amide bonds. The second-order valence-corrected chi connectivity index (χ2v) is 9.60. The Hall–Kier alpha value is -3.70. The van der Waals surface area contributed by atoms with Crippen LogP contribution in [-0.2, 0) is 9.59 Å². The lowest BCUT2D eigenvalue weighted by atomic mass is 9.81. The molecule has 4 rings (SSSR count). The largest absolute Gasteiger partial charge is 0.494 e. The molecular weight excluding hydrogens is 472 g/mol. The predicted molar refractivity (Wildman–Crippen MR) is 142 cm³/mol. The maximum Gasteiger partial charge on any atom is 0.254 e. The highest BCUT2D eigenvalue weighted by atomic mass is 32.2. The summed E-state index contributed by atoms with van der Waals surface area (Å²) in [6.45, 7) is 5.74. The number of nitrogens with one attached hydrogen (secondary N) is 2. The lowest BCUT2D eigenvalue weighted by molar-refractivity contribution is -0.127. The first-order chi connectivity index (χ1) is 17.5. The van der Waals surface area contributed by atoms with Crippen molar-refractivity contribution in [1.82, 2.24) is 10.2 Å². The van der Waals surface area contributed by atoms with E-state index in [9.17, 15) is 14.9 Å². The number of ether oxygens (including phenoxy) is 1. The van der Waals surface area contributed by atoms with Gasteiger partial charge in [0.2, 0.25) is 5.91 Å². The van der Waals surface area contributed by atoms with Crippen LogP contribution in [0.3, 0.4) is 0 Å². The number of likely N-dealkylation sites (tertiary alicyclic amines) is 1. The first-order valence-electron chi connectivity index (χ1n) is 12.1. The smallest absolute Gasteiger partial charge is 0.254 e. The van der Waals surface area contributed by atoms with Crippen molar-refractivity contribution in [3.05, 3.63) is 82.0 Å². The van der Waals surface area contributed by atoms with E-state index in [-0.39, 0.29) is 17.6 Å². The van der Waals surface area contributed by atoms with Crippen LogP contribution in [-0.4, -0.2) is 42.2 Å². The molecule has 2 aromatic rings. The van der Waals surface area contributed by atoms with E-state index < -0.39 is 5.92 Å². The van der Waals surface area contributed by atoms with Crippen molar-refractivity contribution in [2.45, 2.75) is 32.6 Å². The fourth-order valence-corrected chi connectivity index (χ4v) is 5.55. The molecule has 0 aromatic heterocycles. The molecule has 8 heteroatoms. The second kappa shape index (κ2) is 11.8. The molecule has 0 aliphatic carbocycles. The molecule has 2 aliphatic rings. The Labute approximate surface area is 216 Å². The zero-order chi connectivity index (χ0) is 25.5. The van der Waals surface area contributed by atoms with Crippen molar-refractivity contribution in [3.8, 4) is 11.8 Å². The minimum atomic E-state index is -0.646. The first kappa shape index (κ1) is 25.4. The molecule has 0 radical (unpaired) electrons. The number of dihydropyridines is 1. The number of nitrogens with zero attached hydrogens (tertiary/aromatic N) is 2. The van der Waals surface area contributed by atoms with Crippen molar-refractivity contribution < 1.29 is 14.3 Å². The fourth-order valence-electron chi connectivity index (χ4n) is 4.56. The Bertz CT molecular complexity index is 1230. The van der Waals surface area contributed by atoms with Gasteiger partial charge in [0.1, 0.15) is 5.75 Å². The number of hydrogen-bond donors (Lipinski definition) is 2. The van der Waals surface area contributed by atoms with Crippen LogP contribution >= 0.6 is 11.8 Å². The lowest BCUT2D eigenvalue weighted by Gasteiger charge is -2.31. The third-order valence-corrected chi connectivity index (χ3v) is 7.25. The van der Waals surface area contributed by atoms with Crippen LogP contribution in [0.15, 0.2) is 76.5 Å². The summed E-state index contributed by atoms with van der Waals surface area (Å²) in [7, 11) is 0. The SMILES string of the molecule is CCOc1ccccc1[C@@H]1C(C#N)=C(SCC(=O)N2CCCC2)NC(C)=C1C(=O)Nc1ccccc1. The Balaban J connectivity index is 1.72. The van der Waals surface area contributed by atoms with Crippen LogP contribution in [0.5, 0.6) is 5.75 Å². The maximum absolute atomic E-state index is 13.6. The fraction of sp³-hybridized carbons (Fsp3) is 0.321. The van der Waals surface area contributed by atoms with E-state index in [2.05, 4.69) is 16.7 Å². The number of carbonyl (C=O) groups is 2. The van der Waals surface area contributed by atoms with Crippen LogP contribution < -0.4 is 15.4 Å². The Morgan fingerprint density at radius 3 is 2.53 bits per heavy atom. The minimum Gasteiger partial charge on any atom is -0.494 e. The number of para-hydroxylation sites is 2. The van der Waals surface area contributed by atoms with E-state index in [1.54, 1.807) is 0 Å². The number of rotatable bonds is 8. The van der Waals surface area contributed by atoms with Crippen LogP contribution in [0.4, 0.5) is 5.69 Å². The molecule has 1 fully saturated rings. The van der Waals surface area contributed by atoms with Gasteiger partial charge in [0, 0.05) is 35.6 Å². The van der Waals surface area contributed by atoms with Crippen LogP contribution in [0, 0.1) is 11.3 Å². The molecule has 0 bridgehead atoms. The molecule has 2 heterocycles. The maximum atomic E-state index is 13.6. The van der Waals surface area contributed by atoms with E-state index in [1.165, 1.54) is 11.8 Å². The average Bonchev–Trinajstić information content (AvgIpc) is 3.43. The molecule has 0 saturated carbocycles. The third kappa shape index (κ3) is 5.58. The van der Waals surface area contributed by atoms with Crippen LogP contribution in [0.25, 0.3) is 0 Å². The molecule has 7 nitrogen and oxygen atoms in total. The number of thioether (sulfide) groups is 1. The monoisotopic (exact) mass is 502 g/mol. The van der Waals surface area contributed by atoms with Crippen molar-refractivity contribution in [2.24, 2.45) is 0 Å². The van der Waals surface area contributed by atoms with Gasteiger partial charge in [-0.2, -0.15) is 5.26 Å². The van der Waals surface area contributed by atoms with Gasteiger partial charge in [-0.05, 0) is 44.9 Å². The van der Waals surface area contributed by atoms with Gasteiger partial charge in [-0.3, -0.25) is 9.59 Å². The van der Waals surface area contributed by atoms with Crippen molar-refractivity contribution in [1.29, 1.82) is 5.26 Å². The number of carbonyl (C=O) groups excluding carboxylic acids is 2. The van der Waals surface area contributed by atoms with Gasteiger partial charge >= 0.3 is 0 Å². The molecule has 0 spiro atoms. The molecule has 36 heavy (non-hydrogen) atoms. The number of nitriles is 1. The zero-order valence-corrected chi connectivity index (χ0v) is 21.4. The van der Waals surface area contributed by atoms with Crippen molar-refractivity contribution in [3.63, 3.8) is 0 Å². The Morgan fingerprint density at radius 1 is 1.14 bits per heavy atom. The van der Waals surface area contributed by atoms with E-state index >= 15 is 0 Å². The predicted octanol–water partition coefficient (Wildman–Crippen LogP) is 4.78. The summed E-state index contributed by atoms with van der Waals surface area (Å²) in [5, 5.41) is 17.1.